The van der Waals surface area contributed by atoms with Crippen LogP contribution in [0, 0.1) is 6.92 Å². The van der Waals surface area contributed by atoms with Crippen LogP contribution in [0.25, 0.3) is 0 Å². The summed E-state index contributed by atoms with van der Waals surface area (Å²) < 4.78 is 39.4. The van der Waals surface area contributed by atoms with Gasteiger partial charge < -0.3 is 5.32 Å². The molecule has 1 atom stereocenters. The number of hydrogen-bond donors (Lipinski definition) is 1. The third kappa shape index (κ3) is 5.34. The Bertz CT molecular complexity index is 874. The van der Waals surface area contributed by atoms with Crippen molar-refractivity contribution in [1.82, 2.24) is 24.6 Å². The topological polar surface area (TPSA) is 81.8 Å². The highest BCUT2D eigenvalue weighted by Crippen LogP contribution is 2.29. The number of carbonyl (C=O) groups excluding carboxylic acids is 1. The molecule has 1 N–H and O–H groups in total. The zero-order valence-corrected chi connectivity index (χ0v) is 16.1. The smallest absolute Gasteiger partial charge is 0.353 e. The van der Waals surface area contributed by atoms with Gasteiger partial charge in [-0.05, 0) is 31.5 Å². The zero-order chi connectivity index (χ0) is 19.6. The highest BCUT2D eigenvalue weighted by atomic mass is 32.2. The minimum absolute atomic E-state index is 0.241. The third-order valence-electron chi connectivity index (χ3n) is 4.13. The Morgan fingerprint density at radius 3 is 2.89 bits per heavy atom. The molecule has 0 saturated heterocycles. The van der Waals surface area contributed by atoms with E-state index < -0.39 is 17.2 Å². The Kier molecular flexibility index (Phi) is 5.94. The summed E-state index contributed by atoms with van der Waals surface area (Å²) in [6.45, 7) is 2.56. The van der Waals surface area contributed by atoms with Crippen molar-refractivity contribution in [2.75, 3.05) is 5.75 Å². The van der Waals surface area contributed by atoms with Gasteiger partial charge in [-0.3, -0.25) is 9.36 Å². The molecule has 1 aliphatic rings. The predicted octanol–water partition coefficient (Wildman–Crippen LogP) is 1.93. The fraction of sp³-hybridized carbons (Fsp3) is 0.600. The van der Waals surface area contributed by atoms with Crippen molar-refractivity contribution >= 4 is 29.0 Å². The second-order valence-corrected chi connectivity index (χ2v) is 8.29. The van der Waals surface area contributed by atoms with Gasteiger partial charge in [0.05, 0.1) is 23.0 Å². The molecule has 1 aliphatic heterocycles. The van der Waals surface area contributed by atoms with E-state index in [9.17, 15) is 22.8 Å². The highest BCUT2D eigenvalue weighted by Gasteiger charge is 2.30. The van der Waals surface area contributed by atoms with Gasteiger partial charge in [-0.2, -0.15) is 18.3 Å². The van der Waals surface area contributed by atoms with Gasteiger partial charge >= 0.3 is 11.2 Å². The van der Waals surface area contributed by atoms with Crippen LogP contribution >= 0.6 is 23.1 Å². The van der Waals surface area contributed by atoms with E-state index in [2.05, 4.69) is 15.4 Å². The number of halogens is 3. The molecule has 2 aromatic rings. The molecule has 3 rings (SSSR count). The maximum absolute atomic E-state index is 12.5. The predicted molar refractivity (Wildman–Crippen MR) is 95.8 cm³/mol. The summed E-state index contributed by atoms with van der Waals surface area (Å²) in [7, 11) is 0. The van der Waals surface area contributed by atoms with Gasteiger partial charge in [0.25, 0.3) is 0 Å². The number of carbonyl (C=O) groups is 1. The van der Waals surface area contributed by atoms with Crippen molar-refractivity contribution in [2.24, 2.45) is 0 Å². The van der Waals surface area contributed by atoms with Gasteiger partial charge in [0.1, 0.15) is 5.82 Å². The largest absolute Gasteiger partial charge is 0.442 e. The van der Waals surface area contributed by atoms with Crippen molar-refractivity contribution in [1.29, 1.82) is 0 Å². The number of nitrogens with one attached hydrogen (secondary N) is 1. The normalized spacial score (nSPS) is 17.4. The first-order valence-electron chi connectivity index (χ1n) is 8.29. The standard InChI is InChI=1S/C15H18F3N5O2S2/c1-9-19-11(7-26-9)6-23-14(25)22-5-4-10(2-3-12(22)21-23)20-13(24)8-27-15(16,17)18/h7,10H,2-6,8H2,1H3,(H,20,24). The molecule has 3 heterocycles. The summed E-state index contributed by atoms with van der Waals surface area (Å²) in [6, 6.07) is -0.276. The molecule has 148 valence electrons. The number of aryl methyl sites for hydroxylation is 2. The molecule has 0 saturated carbocycles. The molecular formula is C15H18F3N5O2S2. The summed E-state index contributed by atoms with van der Waals surface area (Å²) in [6.07, 6.45) is 1.46. The first kappa shape index (κ1) is 19.9. The van der Waals surface area contributed by atoms with Gasteiger partial charge in [-0.25, -0.2) is 14.5 Å². The minimum Gasteiger partial charge on any atom is -0.353 e. The Morgan fingerprint density at radius 1 is 1.44 bits per heavy atom. The summed E-state index contributed by atoms with van der Waals surface area (Å²) in [4.78, 5) is 28.6. The van der Waals surface area contributed by atoms with Gasteiger partial charge in [0.2, 0.25) is 5.91 Å². The molecular weight excluding hydrogens is 403 g/mol. The van der Waals surface area contributed by atoms with E-state index in [0.717, 1.165) is 10.7 Å². The maximum atomic E-state index is 12.5. The van der Waals surface area contributed by atoms with Crippen molar-refractivity contribution in [3.63, 3.8) is 0 Å². The lowest BCUT2D eigenvalue weighted by Crippen LogP contribution is -2.37. The lowest BCUT2D eigenvalue weighted by Gasteiger charge is -2.16. The summed E-state index contributed by atoms with van der Waals surface area (Å²) in [5, 5.41) is 9.78. The zero-order valence-electron chi connectivity index (χ0n) is 14.5. The van der Waals surface area contributed by atoms with Gasteiger partial charge in [-0.1, -0.05) is 0 Å². The van der Waals surface area contributed by atoms with E-state index in [1.807, 2.05) is 12.3 Å². The summed E-state index contributed by atoms with van der Waals surface area (Å²) in [5.41, 5.74) is -3.89. The van der Waals surface area contributed by atoms with Crippen molar-refractivity contribution in [2.45, 2.75) is 50.8 Å². The van der Waals surface area contributed by atoms with E-state index in [0.29, 0.717) is 38.2 Å². The molecule has 0 bridgehead atoms. The van der Waals surface area contributed by atoms with Gasteiger partial charge in [-0.15, -0.1) is 11.3 Å². The van der Waals surface area contributed by atoms with E-state index in [1.54, 1.807) is 4.57 Å². The van der Waals surface area contributed by atoms with Crippen LogP contribution in [-0.4, -0.2) is 42.5 Å². The molecule has 0 spiro atoms. The Morgan fingerprint density at radius 2 is 2.22 bits per heavy atom. The number of nitrogens with zero attached hydrogens (tertiary/aromatic N) is 4. The highest BCUT2D eigenvalue weighted by molar-refractivity contribution is 8.00. The third-order valence-corrected chi connectivity index (χ3v) is 5.68. The van der Waals surface area contributed by atoms with E-state index in [-0.39, 0.29) is 23.5 Å². The average molecular weight is 421 g/mol. The van der Waals surface area contributed by atoms with Gasteiger partial charge in [0.15, 0.2) is 0 Å². The fourth-order valence-corrected chi connectivity index (χ4v) is 3.91. The summed E-state index contributed by atoms with van der Waals surface area (Å²) >= 11 is 1.15. The Balaban J connectivity index is 1.59. The number of alkyl halides is 3. The van der Waals surface area contributed by atoms with Crippen LogP contribution in [0.4, 0.5) is 13.2 Å². The minimum atomic E-state index is -4.43. The van der Waals surface area contributed by atoms with Crippen LogP contribution in [0.2, 0.25) is 0 Å². The monoisotopic (exact) mass is 421 g/mol. The Hall–Kier alpha value is -1.82. The molecule has 27 heavy (non-hydrogen) atoms. The number of hydrogen-bond acceptors (Lipinski definition) is 6. The van der Waals surface area contributed by atoms with Crippen LogP contribution in [0.1, 0.15) is 29.4 Å². The first-order valence-corrected chi connectivity index (χ1v) is 10.2. The molecule has 2 aromatic heterocycles. The number of thioether (sulfide) groups is 1. The van der Waals surface area contributed by atoms with Crippen molar-refractivity contribution in [3.8, 4) is 0 Å². The molecule has 7 nitrogen and oxygen atoms in total. The molecule has 0 fully saturated rings. The number of fused-ring (bicyclic) bond motifs is 1. The molecule has 0 radical (unpaired) electrons. The molecule has 0 aromatic carbocycles. The number of aromatic nitrogens is 4. The Labute approximate surface area is 161 Å². The van der Waals surface area contributed by atoms with Crippen LogP contribution in [0.3, 0.4) is 0 Å². The van der Waals surface area contributed by atoms with Crippen LogP contribution in [-0.2, 0) is 24.3 Å². The van der Waals surface area contributed by atoms with Crippen LogP contribution in [0.5, 0.6) is 0 Å². The molecule has 0 aliphatic carbocycles. The first-order chi connectivity index (χ1) is 12.7. The van der Waals surface area contributed by atoms with Crippen molar-refractivity contribution < 1.29 is 18.0 Å². The lowest BCUT2D eigenvalue weighted by molar-refractivity contribution is -0.119. The van der Waals surface area contributed by atoms with E-state index in [1.165, 1.54) is 16.0 Å². The van der Waals surface area contributed by atoms with E-state index in [4.69, 9.17) is 0 Å². The fourth-order valence-electron chi connectivity index (χ4n) is 2.93. The number of amides is 1. The van der Waals surface area contributed by atoms with E-state index >= 15 is 0 Å². The number of thiazole rings is 1. The second-order valence-electron chi connectivity index (χ2n) is 6.19. The lowest BCUT2D eigenvalue weighted by atomic mass is 10.1. The molecule has 1 amide bonds. The van der Waals surface area contributed by atoms with Crippen LogP contribution in [0.15, 0.2) is 10.2 Å². The van der Waals surface area contributed by atoms with Crippen LogP contribution < -0.4 is 11.0 Å². The second kappa shape index (κ2) is 8.05. The molecule has 12 heteroatoms. The SMILES string of the molecule is Cc1nc(Cn2nc3n(c2=O)CCC(NC(=O)CSC(F)(F)F)CC3)cs1. The quantitative estimate of drug-likeness (QED) is 0.798. The average Bonchev–Trinajstić information content (AvgIpc) is 3.04. The number of rotatable bonds is 5. The summed E-state index contributed by atoms with van der Waals surface area (Å²) in [5.74, 6) is -0.698. The van der Waals surface area contributed by atoms with Crippen molar-refractivity contribution in [3.05, 3.63) is 32.4 Å². The molecule has 1 unspecified atom stereocenters. The maximum Gasteiger partial charge on any atom is 0.442 e. The van der Waals surface area contributed by atoms with Gasteiger partial charge in [0, 0.05) is 24.4 Å².